The molecule has 66 valence electrons. The first-order valence-electron chi connectivity index (χ1n) is 3.66. The molecule has 1 aromatic rings. The Balaban J connectivity index is 2.08. The Bertz CT molecular complexity index is 273. The Hall–Kier alpha value is -0.970. The highest BCUT2D eigenvalue weighted by molar-refractivity contribution is 5.11. The van der Waals surface area contributed by atoms with Crippen molar-refractivity contribution in [2.75, 3.05) is 0 Å². The first-order valence-corrected chi connectivity index (χ1v) is 3.66. The van der Waals surface area contributed by atoms with Gasteiger partial charge in [0.25, 0.3) is 5.92 Å². The van der Waals surface area contributed by atoms with Crippen molar-refractivity contribution in [3.63, 3.8) is 0 Å². The van der Waals surface area contributed by atoms with Crippen LogP contribution in [-0.2, 0) is 0 Å². The van der Waals surface area contributed by atoms with Crippen LogP contribution in [0, 0.1) is 5.92 Å². The zero-order chi connectivity index (χ0) is 8.77. The monoisotopic (exact) mass is 174 g/mol. The van der Waals surface area contributed by atoms with Gasteiger partial charge in [-0.3, -0.25) is 5.10 Å². The van der Waals surface area contributed by atoms with Gasteiger partial charge >= 0.3 is 0 Å². The van der Waals surface area contributed by atoms with E-state index in [4.69, 9.17) is 0 Å². The number of aromatic amines is 1. The number of aliphatic hydroxyl groups is 1. The van der Waals surface area contributed by atoms with E-state index in [1.807, 2.05) is 0 Å². The maximum absolute atomic E-state index is 12.4. The molecular weight excluding hydrogens is 166 g/mol. The summed E-state index contributed by atoms with van der Waals surface area (Å²) < 4.78 is 24.9. The summed E-state index contributed by atoms with van der Waals surface area (Å²) in [6, 6.07) is 1.50. The number of nitrogens with zero attached hydrogens (tertiary/aromatic N) is 1. The van der Waals surface area contributed by atoms with Crippen molar-refractivity contribution >= 4 is 0 Å². The number of hydrogen-bond acceptors (Lipinski definition) is 2. The lowest BCUT2D eigenvalue weighted by molar-refractivity contribution is 0.0461. The molecule has 1 heterocycles. The van der Waals surface area contributed by atoms with Gasteiger partial charge in [-0.25, -0.2) is 8.78 Å². The summed E-state index contributed by atoms with van der Waals surface area (Å²) in [6.07, 6.45) is 0.0919. The number of alkyl halides is 2. The molecule has 0 spiro atoms. The molecule has 0 amide bonds. The SMILES string of the molecule is OC(c1ccn[nH]1)C1CC1(F)F. The summed E-state index contributed by atoms with van der Waals surface area (Å²) in [7, 11) is 0. The van der Waals surface area contributed by atoms with Crippen LogP contribution in [0.25, 0.3) is 0 Å². The second-order valence-corrected chi connectivity index (χ2v) is 3.03. The van der Waals surface area contributed by atoms with Gasteiger partial charge in [-0.1, -0.05) is 0 Å². The molecular formula is C7H8F2N2O. The third kappa shape index (κ3) is 1.10. The van der Waals surface area contributed by atoms with Crippen molar-refractivity contribution in [3.05, 3.63) is 18.0 Å². The Labute approximate surface area is 67.4 Å². The molecule has 1 aliphatic rings. The molecule has 2 N–H and O–H groups in total. The highest BCUT2D eigenvalue weighted by atomic mass is 19.3. The number of aliphatic hydroxyl groups excluding tert-OH is 1. The summed E-state index contributed by atoms with van der Waals surface area (Å²) >= 11 is 0. The first kappa shape index (κ1) is 7.67. The van der Waals surface area contributed by atoms with Gasteiger partial charge in [0.05, 0.1) is 11.6 Å². The third-order valence-electron chi connectivity index (χ3n) is 2.10. The fourth-order valence-corrected chi connectivity index (χ4v) is 1.22. The average molecular weight is 174 g/mol. The number of hydrogen-bond donors (Lipinski definition) is 2. The van der Waals surface area contributed by atoms with Gasteiger partial charge in [0.2, 0.25) is 0 Å². The lowest BCUT2D eigenvalue weighted by atomic mass is 10.2. The van der Waals surface area contributed by atoms with Crippen molar-refractivity contribution in [1.82, 2.24) is 10.2 Å². The van der Waals surface area contributed by atoms with Crippen LogP contribution in [0.2, 0.25) is 0 Å². The molecule has 1 fully saturated rings. The predicted octanol–water partition coefficient (Wildman–Crippen LogP) is 1.10. The van der Waals surface area contributed by atoms with Crippen LogP contribution < -0.4 is 0 Å². The van der Waals surface area contributed by atoms with Crippen LogP contribution >= 0.6 is 0 Å². The van der Waals surface area contributed by atoms with E-state index < -0.39 is 17.9 Å². The molecule has 2 unspecified atom stereocenters. The summed E-state index contributed by atoms with van der Waals surface area (Å²) in [5.41, 5.74) is 0.358. The topological polar surface area (TPSA) is 48.9 Å². The third-order valence-corrected chi connectivity index (χ3v) is 2.10. The normalized spacial score (nSPS) is 28.4. The Morgan fingerprint density at radius 3 is 2.83 bits per heavy atom. The number of rotatable bonds is 2. The van der Waals surface area contributed by atoms with Crippen LogP contribution in [-0.4, -0.2) is 21.2 Å². The molecule has 0 aliphatic heterocycles. The zero-order valence-corrected chi connectivity index (χ0v) is 6.17. The first-order chi connectivity index (χ1) is 5.61. The van der Waals surface area contributed by atoms with Crippen LogP contribution in [0.4, 0.5) is 8.78 Å². The number of H-pyrrole nitrogens is 1. The highest BCUT2D eigenvalue weighted by Crippen LogP contribution is 2.54. The molecule has 0 bridgehead atoms. The van der Waals surface area contributed by atoms with E-state index in [9.17, 15) is 13.9 Å². The van der Waals surface area contributed by atoms with Crippen molar-refractivity contribution in [1.29, 1.82) is 0 Å². The van der Waals surface area contributed by atoms with Crippen molar-refractivity contribution in [2.24, 2.45) is 5.92 Å². The van der Waals surface area contributed by atoms with E-state index in [1.165, 1.54) is 12.3 Å². The van der Waals surface area contributed by atoms with Gasteiger partial charge in [-0.05, 0) is 6.07 Å². The molecule has 2 rings (SSSR count). The summed E-state index contributed by atoms with van der Waals surface area (Å²) in [5.74, 6) is -3.62. The van der Waals surface area contributed by atoms with Crippen LogP contribution in [0.1, 0.15) is 18.2 Å². The fraction of sp³-hybridized carbons (Fsp3) is 0.571. The van der Waals surface area contributed by atoms with Gasteiger partial charge in [-0.2, -0.15) is 5.10 Å². The molecule has 5 heteroatoms. The number of aromatic nitrogens is 2. The van der Waals surface area contributed by atoms with E-state index in [-0.39, 0.29) is 6.42 Å². The van der Waals surface area contributed by atoms with E-state index in [1.54, 1.807) is 0 Å². The van der Waals surface area contributed by atoms with Crippen molar-refractivity contribution in [3.8, 4) is 0 Å². The van der Waals surface area contributed by atoms with Gasteiger partial charge in [0, 0.05) is 12.6 Å². The van der Waals surface area contributed by atoms with Crippen LogP contribution in [0.15, 0.2) is 12.3 Å². The Morgan fingerprint density at radius 1 is 1.75 bits per heavy atom. The summed E-state index contributed by atoms with van der Waals surface area (Å²) in [6.45, 7) is 0. The number of nitrogens with one attached hydrogen (secondary N) is 1. The smallest absolute Gasteiger partial charge is 0.254 e. The van der Waals surface area contributed by atoms with Crippen LogP contribution in [0.3, 0.4) is 0 Å². The maximum atomic E-state index is 12.4. The number of halogens is 2. The second-order valence-electron chi connectivity index (χ2n) is 3.03. The van der Waals surface area contributed by atoms with Gasteiger partial charge in [0.1, 0.15) is 6.10 Å². The van der Waals surface area contributed by atoms with E-state index >= 15 is 0 Å². The van der Waals surface area contributed by atoms with E-state index in [2.05, 4.69) is 10.2 Å². The van der Waals surface area contributed by atoms with Gasteiger partial charge in [0.15, 0.2) is 0 Å². The van der Waals surface area contributed by atoms with E-state index in [0.717, 1.165) is 0 Å². The van der Waals surface area contributed by atoms with Gasteiger partial charge < -0.3 is 5.11 Å². The minimum atomic E-state index is -2.69. The summed E-state index contributed by atoms with van der Waals surface area (Å²) in [4.78, 5) is 0. The zero-order valence-electron chi connectivity index (χ0n) is 6.17. The molecule has 0 saturated heterocycles. The lowest BCUT2D eigenvalue weighted by Crippen LogP contribution is -2.06. The predicted molar refractivity (Wildman–Crippen MR) is 36.6 cm³/mol. The molecule has 12 heavy (non-hydrogen) atoms. The van der Waals surface area contributed by atoms with E-state index in [0.29, 0.717) is 5.69 Å². The molecule has 0 radical (unpaired) electrons. The molecule has 1 aromatic heterocycles. The van der Waals surface area contributed by atoms with Crippen molar-refractivity contribution < 1.29 is 13.9 Å². The Morgan fingerprint density at radius 2 is 2.42 bits per heavy atom. The minimum Gasteiger partial charge on any atom is -0.386 e. The average Bonchev–Trinajstić information content (AvgIpc) is 2.56. The Kier molecular flexibility index (Phi) is 1.44. The summed E-state index contributed by atoms with van der Waals surface area (Å²) in [5, 5.41) is 15.4. The van der Waals surface area contributed by atoms with Crippen LogP contribution in [0.5, 0.6) is 0 Å². The largest absolute Gasteiger partial charge is 0.386 e. The molecule has 1 aliphatic carbocycles. The minimum absolute atomic E-state index is 0.229. The molecule has 3 nitrogen and oxygen atoms in total. The fourth-order valence-electron chi connectivity index (χ4n) is 1.22. The molecule has 2 atom stereocenters. The molecule has 0 aromatic carbocycles. The van der Waals surface area contributed by atoms with Crippen molar-refractivity contribution in [2.45, 2.75) is 18.4 Å². The maximum Gasteiger partial charge on any atom is 0.254 e. The molecule has 1 saturated carbocycles. The second kappa shape index (κ2) is 2.26. The quantitative estimate of drug-likeness (QED) is 0.705. The lowest BCUT2D eigenvalue weighted by Gasteiger charge is -2.05. The standard InChI is InChI=1S/C7H8F2N2O/c8-7(9)3-4(7)6(12)5-1-2-10-11-5/h1-2,4,6,12H,3H2,(H,10,11). The highest BCUT2D eigenvalue weighted by Gasteiger charge is 2.60. The van der Waals surface area contributed by atoms with Gasteiger partial charge in [-0.15, -0.1) is 0 Å².